The van der Waals surface area contributed by atoms with Crippen LogP contribution in [0.25, 0.3) is 6.08 Å². The van der Waals surface area contributed by atoms with Crippen LogP contribution in [0, 0.1) is 11.8 Å². The summed E-state index contributed by atoms with van der Waals surface area (Å²) < 4.78 is 5.23. The lowest BCUT2D eigenvalue weighted by molar-refractivity contribution is 0.414. The molecule has 0 aliphatic heterocycles. The number of hydrogen-bond donors (Lipinski definition) is 0. The SMILES string of the molecule is COc1cccc(C=C(C(C)C)C(C)C)c1. The average molecular weight is 218 g/mol. The molecule has 1 aromatic rings. The Morgan fingerprint density at radius 1 is 1.12 bits per heavy atom. The molecule has 0 N–H and O–H groups in total. The van der Waals surface area contributed by atoms with Crippen molar-refractivity contribution in [2.75, 3.05) is 7.11 Å². The van der Waals surface area contributed by atoms with E-state index in [1.165, 1.54) is 11.1 Å². The van der Waals surface area contributed by atoms with E-state index in [2.05, 4.69) is 45.9 Å². The van der Waals surface area contributed by atoms with Crippen molar-refractivity contribution in [3.63, 3.8) is 0 Å². The van der Waals surface area contributed by atoms with Gasteiger partial charge < -0.3 is 4.74 Å². The molecule has 0 unspecified atom stereocenters. The Morgan fingerprint density at radius 3 is 2.25 bits per heavy atom. The Labute approximate surface area is 99.1 Å². The molecule has 0 radical (unpaired) electrons. The van der Waals surface area contributed by atoms with Gasteiger partial charge >= 0.3 is 0 Å². The molecule has 0 spiro atoms. The molecule has 1 rings (SSSR count). The Morgan fingerprint density at radius 2 is 1.75 bits per heavy atom. The Balaban J connectivity index is 3.03. The van der Waals surface area contributed by atoms with Crippen LogP contribution in [0.1, 0.15) is 33.3 Å². The van der Waals surface area contributed by atoms with Crippen LogP contribution in [0.3, 0.4) is 0 Å². The van der Waals surface area contributed by atoms with Crippen LogP contribution in [-0.2, 0) is 0 Å². The molecule has 0 saturated carbocycles. The third-order valence-electron chi connectivity index (χ3n) is 2.76. The summed E-state index contributed by atoms with van der Waals surface area (Å²) in [5.41, 5.74) is 2.70. The van der Waals surface area contributed by atoms with Crippen molar-refractivity contribution < 1.29 is 4.74 Å². The Hall–Kier alpha value is -1.24. The number of allylic oxidation sites excluding steroid dienone is 1. The minimum absolute atomic E-state index is 0.589. The van der Waals surface area contributed by atoms with Crippen LogP contribution in [-0.4, -0.2) is 7.11 Å². The lowest BCUT2D eigenvalue weighted by Crippen LogP contribution is -2.01. The number of hydrogen-bond acceptors (Lipinski definition) is 1. The molecular formula is C15H22O. The standard InChI is InChI=1S/C15H22O/c1-11(2)15(12(3)4)10-13-7-6-8-14(9-13)16-5/h6-12H,1-5H3. The fourth-order valence-electron chi connectivity index (χ4n) is 1.92. The number of ether oxygens (including phenoxy) is 1. The van der Waals surface area contributed by atoms with Crippen molar-refractivity contribution in [3.8, 4) is 5.75 Å². The van der Waals surface area contributed by atoms with E-state index in [-0.39, 0.29) is 0 Å². The van der Waals surface area contributed by atoms with Crippen LogP contribution in [0.4, 0.5) is 0 Å². The predicted octanol–water partition coefficient (Wildman–Crippen LogP) is 4.39. The van der Waals surface area contributed by atoms with Gasteiger partial charge in [-0.05, 0) is 29.5 Å². The summed E-state index contributed by atoms with van der Waals surface area (Å²) in [6.45, 7) is 8.97. The topological polar surface area (TPSA) is 9.23 Å². The normalized spacial score (nSPS) is 10.7. The minimum Gasteiger partial charge on any atom is -0.497 e. The molecular weight excluding hydrogens is 196 g/mol. The summed E-state index contributed by atoms with van der Waals surface area (Å²) in [6.07, 6.45) is 2.28. The quantitative estimate of drug-likeness (QED) is 0.728. The van der Waals surface area contributed by atoms with E-state index in [4.69, 9.17) is 4.74 Å². The van der Waals surface area contributed by atoms with Crippen LogP contribution < -0.4 is 4.74 Å². The summed E-state index contributed by atoms with van der Waals surface area (Å²) >= 11 is 0. The highest BCUT2D eigenvalue weighted by atomic mass is 16.5. The maximum absolute atomic E-state index is 5.23. The van der Waals surface area contributed by atoms with E-state index in [9.17, 15) is 0 Å². The molecule has 0 heterocycles. The Bertz CT molecular complexity index is 351. The zero-order valence-electron chi connectivity index (χ0n) is 10.9. The number of methoxy groups -OCH3 is 1. The van der Waals surface area contributed by atoms with Gasteiger partial charge in [-0.1, -0.05) is 51.5 Å². The van der Waals surface area contributed by atoms with Crippen molar-refractivity contribution in [2.45, 2.75) is 27.7 Å². The fraction of sp³-hybridized carbons (Fsp3) is 0.467. The van der Waals surface area contributed by atoms with E-state index < -0.39 is 0 Å². The molecule has 0 aliphatic carbocycles. The van der Waals surface area contributed by atoms with E-state index >= 15 is 0 Å². The van der Waals surface area contributed by atoms with Crippen molar-refractivity contribution >= 4 is 6.08 Å². The summed E-state index contributed by atoms with van der Waals surface area (Å²) in [5, 5.41) is 0. The van der Waals surface area contributed by atoms with Crippen molar-refractivity contribution in [2.24, 2.45) is 11.8 Å². The van der Waals surface area contributed by atoms with Gasteiger partial charge in [0.25, 0.3) is 0 Å². The third kappa shape index (κ3) is 3.41. The van der Waals surface area contributed by atoms with Crippen LogP contribution in [0.2, 0.25) is 0 Å². The van der Waals surface area contributed by atoms with Gasteiger partial charge in [0.1, 0.15) is 5.75 Å². The largest absolute Gasteiger partial charge is 0.497 e. The van der Waals surface area contributed by atoms with E-state index in [1.807, 2.05) is 12.1 Å². The zero-order valence-corrected chi connectivity index (χ0v) is 10.9. The van der Waals surface area contributed by atoms with Gasteiger partial charge in [-0.15, -0.1) is 0 Å². The summed E-state index contributed by atoms with van der Waals surface area (Å²) in [4.78, 5) is 0. The molecule has 0 fully saturated rings. The lowest BCUT2D eigenvalue weighted by atomic mass is 9.91. The molecule has 1 heteroatoms. The van der Waals surface area contributed by atoms with Gasteiger partial charge in [0.2, 0.25) is 0 Å². The van der Waals surface area contributed by atoms with Gasteiger partial charge in [-0.3, -0.25) is 0 Å². The maximum Gasteiger partial charge on any atom is 0.119 e. The van der Waals surface area contributed by atoms with E-state index in [0.717, 1.165) is 5.75 Å². The predicted molar refractivity (Wildman–Crippen MR) is 70.6 cm³/mol. The minimum atomic E-state index is 0.589. The first-order valence-corrected chi connectivity index (χ1v) is 5.90. The molecule has 0 amide bonds. The second-order valence-corrected chi connectivity index (χ2v) is 4.73. The molecule has 0 atom stereocenters. The van der Waals surface area contributed by atoms with Gasteiger partial charge in [-0.2, -0.15) is 0 Å². The summed E-state index contributed by atoms with van der Waals surface area (Å²) in [6, 6.07) is 8.20. The summed E-state index contributed by atoms with van der Waals surface area (Å²) in [5.74, 6) is 2.10. The molecule has 1 nitrogen and oxygen atoms in total. The van der Waals surface area contributed by atoms with Crippen molar-refractivity contribution in [1.29, 1.82) is 0 Å². The first-order chi connectivity index (χ1) is 7.54. The smallest absolute Gasteiger partial charge is 0.119 e. The number of rotatable bonds is 4. The highest BCUT2D eigenvalue weighted by Crippen LogP contribution is 2.23. The van der Waals surface area contributed by atoms with Crippen molar-refractivity contribution in [1.82, 2.24) is 0 Å². The van der Waals surface area contributed by atoms with E-state index in [1.54, 1.807) is 7.11 Å². The maximum atomic E-state index is 5.23. The monoisotopic (exact) mass is 218 g/mol. The van der Waals surface area contributed by atoms with Gasteiger partial charge in [0.15, 0.2) is 0 Å². The highest BCUT2D eigenvalue weighted by Gasteiger charge is 2.07. The first kappa shape index (κ1) is 12.8. The first-order valence-electron chi connectivity index (χ1n) is 5.90. The van der Waals surface area contributed by atoms with Gasteiger partial charge in [-0.25, -0.2) is 0 Å². The second-order valence-electron chi connectivity index (χ2n) is 4.73. The molecule has 0 aliphatic rings. The molecule has 16 heavy (non-hydrogen) atoms. The van der Waals surface area contributed by atoms with Crippen LogP contribution in [0.5, 0.6) is 5.75 Å². The fourth-order valence-corrected chi connectivity index (χ4v) is 1.92. The highest BCUT2D eigenvalue weighted by molar-refractivity contribution is 5.55. The number of benzene rings is 1. The van der Waals surface area contributed by atoms with E-state index in [0.29, 0.717) is 11.8 Å². The molecule has 88 valence electrons. The second kappa shape index (κ2) is 5.74. The summed E-state index contributed by atoms with van der Waals surface area (Å²) in [7, 11) is 1.70. The lowest BCUT2D eigenvalue weighted by Gasteiger charge is -2.15. The molecule has 1 aromatic carbocycles. The van der Waals surface area contributed by atoms with Crippen LogP contribution in [0.15, 0.2) is 29.8 Å². The molecule has 0 saturated heterocycles. The molecule has 0 aromatic heterocycles. The van der Waals surface area contributed by atoms with Crippen molar-refractivity contribution in [3.05, 3.63) is 35.4 Å². The van der Waals surface area contributed by atoms with Gasteiger partial charge in [0, 0.05) is 0 Å². The zero-order chi connectivity index (χ0) is 12.1. The van der Waals surface area contributed by atoms with Gasteiger partial charge in [0.05, 0.1) is 7.11 Å². The Kier molecular flexibility index (Phi) is 4.60. The molecule has 0 bridgehead atoms. The average Bonchev–Trinajstić information content (AvgIpc) is 2.25. The van der Waals surface area contributed by atoms with Crippen LogP contribution >= 0.6 is 0 Å². The third-order valence-corrected chi connectivity index (χ3v) is 2.76.